The largest absolute Gasteiger partial charge is 0.507 e. The Morgan fingerprint density at radius 3 is 2.56 bits per heavy atom. The van der Waals surface area contributed by atoms with E-state index in [1.165, 1.54) is 0 Å². The summed E-state index contributed by atoms with van der Waals surface area (Å²) in [4.78, 5) is 4.69. The first-order chi connectivity index (χ1) is 12.1. The van der Waals surface area contributed by atoms with Gasteiger partial charge in [0.25, 0.3) is 0 Å². The number of phenols is 1. The molecule has 0 bridgehead atoms. The molecule has 4 heteroatoms. The summed E-state index contributed by atoms with van der Waals surface area (Å²) in [6.45, 7) is 0. The van der Waals surface area contributed by atoms with Gasteiger partial charge in [-0.15, -0.1) is 0 Å². The summed E-state index contributed by atoms with van der Waals surface area (Å²) in [7, 11) is 0. The molecule has 0 saturated heterocycles. The summed E-state index contributed by atoms with van der Waals surface area (Å²) < 4.78 is 0. The van der Waals surface area contributed by atoms with Gasteiger partial charge in [-0.2, -0.15) is 0 Å². The van der Waals surface area contributed by atoms with Gasteiger partial charge < -0.3 is 10.8 Å². The molecule has 0 radical (unpaired) electrons. The first-order valence-electron chi connectivity index (χ1n) is 8.05. The molecule has 1 aliphatic heterocycles. The van der Waals surface area contributed by atoms with Crippen molar-refractivity contribution in [1.29, 1.82) is 5.41 Å². The SMILES string of the molecule is N=C(N)c1ccc2c(c1)=CC(c1cccc(-c3ccccc3)c1O)N=2. The van der Waals surface area contributed by atoms with Gasteiger partial charge in [-0.05, 0) is 35.1 Å². The van der Waals surface area contributed by atoms with Gasteiger partial charge in [0.05, 0.1) is 11.4 Å². The molecule has 1 heterocycles. The van der Waals surface area contributed by atoms with Crippen molar-refractivity contribution in [3.05, 3.63) is 88.4 Å². The maximum Gasteiger partial charge on any atom is 0.129 e. The van der Waals surface area contributed by atoms with Gasteiger partial charge in [0.2, 0.25) is 0 Å². The van der Waals surface area contributed by atoms with Gasteiger partial charge >= 0.3 is 0 Å². The van der Waals surface area contributed by atoms with Crippen molar-refractivity contribution >= 4 is 11.9 Å². The lowest BCUT2D eigenvalue weighted by atomic mass is 9.98. The van der Waals surface area contributed by atoms with Crippen LogP contribution in [-0.2, 0) is 0 Å². The second kappa shape index (κ2) is 5.91. The van der Waals surface area contributed by atoms with Crippen LogP contribution < -0.4 is 16.3 Å². The van der Waals surface area contributed by atoms with Crippen LogP contribution in [-0.4, -0.2) is 10.9 Å². The first-order valence-corrected chi connectivity index (χ1v) is 8.05. The van der Waals surface area contributed by atoms with Crippen LogP contribution in [0.3, 0.4) is 0 Å². The number of fused-ring (bicyclic) bond motifs is 1. The first kappa shape index (κ1) is 15.1. The third-order valence-electron chi connectivity index (χ3n) is 4.42. The molecule has 1 unspecified atom stereocenters. The molecule has 4 rings (SSSR count). The molecule has 4 nitrogen and oxygen atoms in total. The molecular formula is C21H17N3O. The van der Waals surface area contributed by atoms with Crippen molar-refractivity contribution in [3.8, 4) is 16.9 Å². The molecule has 0 amide bonds. The number of phenolic OH excluding ortho intramolecular Hbond substituents is 1. The highest BCUT2D eigenvalue weighted by Crippen LogP contribution is 2.37. The van der Waals surface area contributed by atoms with E-state index in [1.54, 1.807) is 6.07 Å². The highest BCUT2D eigenvalue weighted by molar-refractivity contribution is 5.94. The molecule has 0 aromatic heterocycles. The van der Waals surface area contributed by atoms with Crippen LogP contribution >= 0.6 is 0 Å². The lowest BCUT2D eigenvalue weighted by Gasteiger charge is -2.12. The van der Waals surface area contributed by atoms with E-state index in [1.807, 2.05) is 66.7 Å². The van der Waals surface area contributed by atoms with Gasteiger partial charge in [-0.1, -0.05) is 48.5 Å². The Hall–Kier alpha value is -3.40. The van der Waals surface area contributed by atoms with E-state index in [4.69, 9.17) is 16.1 Å². The number of nitrogen functional groups attached to an aromatic ring is 1. The standard InChI is InChI=1S/C21H17N3O/c22-21(23)14-9-10-18-15(11-14)12-19(24-18)17-8-4-7-16(20(17)25)13-5-2-1-3-6-13/h1-12,19,25H,(H3,22,23). The van der Waals surface area contributed by atoms with Crippen molar-refractivity contribution in [2.75, 3.05) is 0 Å². The van der Waals surface area contributed by atoms with Gasteiger partial charge in [-0.3, -0.25) is 10.4 Å². The monoisotopic (exact) mass is 327 g/mol. The van der Waals surface area contributed by atoms with Crippen LogP contribution in [0.25, 0.3) is 17.2 Å². The predicted octanol–water partition coefficient (Wildman–Crippen LogP) is 2.50. The van der Waals surface area contributed by atoms with E-state index in [2.05, 4.69) is 0 Å². The Morgan fingerprint density at radius 1 is 1.00 bits per heavy atom. The fourth-order valence-corrected chi connectivity index (χ4v) is 3.14. The van der Waals surface area contributed by atoms with E-state index in [0.717, 1.165) is 27.3 Å². The zero-order valence-corrected chi connectivity index (χ0v) is 13.5. The summed E-state index contributed by atoms with van der Waals surface area (Å²) in [5.41, 5.74) is 8.76. The second-order valence-corrected chi connectivity index (χ2v) is 6.04. The Kier molecular flexibility index (Phi) is 3.58. The number of hydrogen-bond donors (Lipinski definition) is 3. The van der Waals surface area contributed by atoms with Gasteiger partial charge in [0.1, 0.15) is 11.6 Å². The zero-order chi connectivity index (χ0) is 17.4. The van der Waals surface area contributed by atoms with Crippen molar-refractivity contribution in [3.63, 3.8) is 0 Å². The summed E-state index contributed by atoms with van der Waals surface area (Å²) >= 11 is 0. The highest BCUT2D eigenvalue weighted by atomic mass is 16.3. The Morgan fingerprint density at radius 2 is 1.80 bits per heavy atom. The topological polar surface area (TPSA) is 82.5 Å². The molecule has 122 valence electrons. The Labute approximate surface area is 145 Å². The van der Waals surface area contributed by atoms with E-state index in [9.17, 15) is 5.11 Å². The Bertz CT molecular complexity index is 1090. The number of rotatable bonds is 3. The fraction of sp³-hybridized carbons (Fsp3) is 0.0476. The third-order valence-corrected chi connectivity index (χ3v) is 4.42. The minimum absolute atomic E-state index is 0.0357. The smallest absolute Gasteiger partial charge is 0.129 e. The van der Waals surface area contributed by atoms with Crippen LogP contribution in [0.15, 0.2) is 71.7 Å². The van der Waals surface area contributed by atoms with Crippen LogP contribution in [0.4, 0.5) is 0 Å². The van der Waals surface area contributed by atoms with E-state index >= 15 is 0 Å². The minimum atomic E-state index is -0.249. The summed E-state index contributed by atoms with van der Waals surface area (Å²) in [6, 6.07) is 20.8. The van der Waals surface area contributed by atoms with E-state index in [0.29, 0.717) is 5.56 Å². The number of nitrogens with one attached hydrogen (secondary N) is 1. The minimum Gasteiger partial charge on any atom is -0.507 e. The molecule has 1 atom stereocenters. The number of nitrogens with zero attached hydrogens (tertiary/aromatic N) is 1. The quantitative estimate of drug-likeness (QED) is 0.510. The van der Waals surface area contributed by atoms with Crippen molar-refractivity contribution in [2.45, 2.75) is 6.04 Å². The molecule has 25 heavy (non-hydrogen) atoms. The molecule has 0 fully saturated rings. The van der Waals surface area contributed by atoms with E-state index < -0.39 is 0 Å². The fourth-order valence-electron chi connectivity index (χ4n) is 3.14. The molecule has 4 N–H and O–H groups in total. The third kappa shape index (κ3) is 2.68. The van der Waals surface area contributed by atoms with Crippen LogP contribution in [0.2, 0.25) is 0 Å². The van der Waals surface area contributed by atoms with Crippen LogP contribution in [0.5, 0.6) is 5.75 Å². The molecule has 3 aromatic carbocycles. The molecular weight excluding hydrogens is 310 g/mol. The van der Waals surface area contributed by atoms with Crippen molar-refractivity contribution in [1.82, 2.24) is 0 Å². The van der Waals surface area contributed by atoms with Gasteiger partial charge in [-0.25, -0.2) is 0 Å². The zero-order valence-electron chi connectivity index (χ0n) is 13.5. The number of amidine groups is 1. The molecule has 1 aliphatic rings. The number of aromatic hydroxyl groups is 1. The molecule has 0 saturated carbocycles. The number of nitrogens with two attached hydrogens (primary N) is 1. The second-order valence-electron chi connectivity index (χ2n) is 6.04. The maximum atomic E-state index is 10.8. The van der Waals surface area contributed by atoms with Crippen molar-refractivity contribution in [2.24, 2.45) is 10.7 Å². The van der Waals surface area contributed by atoms with Crippen LogP contribution in [0, 0.1) is 5.41 Å². The van der Waals surface area contributed by atoms with Gasteiger partial charge in [0, 0.05) is 16.7 Å². The lowest BCUT2D eigenvalue weighted by molar-refractivity contribution is 0.469. The van der Waals surface area contributed by atoms with Crippen molar-refractivity contribution < 1.29 is 5.11 Å². The average molecular weight is 327 g/mol. The molecule has 3 aromatic rings. The number of para-hydroxylation sites is 1. The predicted molar refractivity (Wildman–Crippen MR) is 99.0 cm³/mol. The molecule has 0 spiro atoms. The Balaban J connectivity index is 1.80. The molecule has 0 aliphatic carbocycles. The summed E-state index contributed by atoms with van der Waals surface area (Å²) in [6.07, 6.45) is 1.99. The summed E-state index contributed by atoms with van der Waals surface area (Å²) in [5, 5.41) is 20.1. The average Bonchev–Trinajstić information content (AvgIpc) is 3.05. The lowest BCUT2D eigenvalue weighted by Crippen LogP contribution is -2.24. The number of benzene rings is 3. The maximum absolute atomic E-state index is 10.8. The highest BCUT2D eigenvalue weighted by Gasteiger charge is 2.18. The van der Waals surface area contributed by atoms with Gasteiger partial charge in [0.15, 0.2) is 0 Å². The normalized spacial score (nSPS) is 15.1. The number of hydrogen-bond acceptors (Lipinski definition) is 3. The summed E-state index contributed by atoms with van der Waals surface area (Å²) in [5.74, 6) is 0.284. The van der Waals surface area contributed by atoms with E-state index in [-0.39, 0.29) is 17.6 Å². The van der Waals surface area contributed by atoms with Crippen LogP contribution in [0.1, 0.15) is 17.2 Å².